The minimum atomic E-state index is -3.30. The van der Waals surface area contributed by atoms with Gasteiger partial charge >= 0.3 is 0 Å². The standard InChI is InChI=1S/C11H13BrO4S/c12-10-5-8(3-4-13)1-2-11(10)17(14,15)9-6-16-7-9/h1-2,5,9,13H,3-4,6-7H2. The fourth-order valence-corrected chi connectivity index (χ4v) is 4.23. The second-order valence-electron chi connectivity index (χ2n) is 3.94. The normalized spacial score (nSPS) is 16.8. The first kappa shape index (κ1) is 13.0. The first-order valence-corrected chi connectivity index (χ1v) is 7.60. The number of halogens is 1. The van der Waals surface area contributed by atoms with Crippen LogP contribution < -0.4 is 0 Å². The third kappa shape index (κ3) is 2.54. The Hall–Kier alpha value is -0.430. The zero-order valence-corrected chi connectivity index (χ0v) is 11.5. The zero-order chi connectivity index (χ0) is 12.5. The molecule has 1 saturated heterocycles. The smallest absolute Gasteiger partial charge is 0.186 e. The summed E-state index contributed by atoms with van der Waals surface area (Å²) in [5.41, 5.74) is 0.906. The maximum absolute atomic E-state index is 12.1. The summed E-state index contributed by atoms with van der Waals surface area (Å²) in [6.07, 6.45) is 0.519. The summed E-state index contributed by atoms with van der Waals surface area (Å²) >= 11 is 3.27. The van der Waals surface area contributed by atoms with Crippen LogP contribution in [0.15, 0.2) is 27.6 Å². The number of sulfone groups is 1. The number of aliphatic hydroxyl groups excluding tert-OH is 1. The van der Waals surface area contributed by atoms with Crippen molar-refractivity contribution in [3.63, 3.8) is 0 Å². The molecule has 2 rings (SSSR count). The molecule has 1 fully saturated rings. The van der Waals surface area contributed by atoms with E-state index in [-0.39, 0.29) is 19.8 Å². The topological polar surface area (TPSA) is 63.6 Å². The molecule has 0 atom stereocenters. The third-order valence-electron chi connectivity index (χ3n) is 2.75. The van der Waals surface area contributed by atoms with Crippen molar-refractivity contribution in [2.24, 2.45) is 0 Å². The molecule has 0 amide bonds. The average Bonchev–Trinajstić information content (AvgIpc) is 2.13. The fraction of sp³-hybridized carbons (Fsp3) is 0.455. The van der Waals surface area contributed by atoms with E-state index in [1.165, 1.54) is 0 Å². The van der Waals surface area contributed by atoms with E-state index in [0.717, 1.165) is 5.56 Å². The second-order valence-corrected chi connectivity index (χ2v) is 6.99. The maximum atomic E-state index is 12.1. The summed E-state index contributed by atoms with van der Waals surface area (Å²) in [5.74, 6) is 0. The largest absolute Gasteiger partial charge is 0.396 e. The van der Waals surface area contributed by atoms with Gasteiger partial charge in [0.2, 0.25) is 0 Å². The molecule has 1 N–H and O–H groups in total. The van der Waals surface area contributed by atoms with Gasteiger partial charge in [-0.15, -0.1) is 0 Å². The summed E-state index contributed by atoms with van der Waals surface area (Å²) in [5, 5.41) is 8.40. The van der Waals surface area contributed by atoms with Gasteiger partial charge in [0.15, 0.2) is 9.84 Å². The molecule has 0 saturated carbocycles. The number of ether oxygens (including phenoxy) is 1. The molecule has 0 bridgehead atoms. The van der Waals surface area contributed by atoms with Gasteiger partial charge in [-0.25, -0.2) is 8.42 Å². The van der Waals surface area contributed by atoms with Gasteiger partial charge in [-0.2, -0.15) is 0 Å². The van der Waals surface area contributed by atoms with Crippen LogP contribution in [-0.4, -0.2) is 38.6 Å². The van der Waals surface area contributed by atoms with E-state index in [2.05, 4.69) is 15.9 Å². The molecule has 6 heteroatoms. The van der Waals surface area contributed by atoms with Crippen molar-refractivity contribution >= 4 is 25.8 Å². The number of hydrogen-bond donors (Lipinski definition) is 1. The van der Waals surface area contributed by atoms with Crippen LogP contribution in [0.2, 0.25) is 0 Å². The molecule has 94 valence electrons. The van der Waals surface area contributed by atoms with Crippen molar-refractivity contribution in [3.05, 3.63) is 28.2 Å². The molecule has 0 aromatic heterocycles. The Morgan fingerprint density at radius 3 is 2.59 bits per heavy atom. The first-order chi connectivity index (χ1) is 8.05. The number of benzene rings is 1. The van der Waals surface area contributed by atoms with Crippen LogP contribution in [0.3, 0.4) is 0 Å². The molecule has 1 aromatic rings. The van der Waals surface area contributed by atoms with Crippen molar-refractivity contribution in [2.75, 3.05) is 19.8 Å². The molecule has 1 aliphatic rings. The Balaban J connectivity index is 2.33. The molecule has 0 unspecified atom stereocenters. The lowest BCUT2D eigenvalue weighted by Gasteiger charge is -2.26. The van der Waals surface area contributed by atoms with E-state index in [4.69, 9.17) is 9.84 Å². The fourth-order valence-electron chi connectivity index (χ4n) is 1.63. The summed E-state index contributed by atoms with van der Waals surface area (Å²) < 4.78 is 29.8. The lowest BCUT2D eigenvalue weighted by atomic mass is 10.2. The van der Waals surface area contributed by atoms with E-state index in [1.807, 2.05) is 0 Å². The molecule has 17 heavy (non-hydrogen) atoms. The van der Waals surface area contributed by atoms with Gasteiger partial charge in [0.1, 0.15) is 5.25 Å². The highest BCUT2D eigenvalue weighted by Crippen LogP contribution is 2.29. The third-order valence-corrected chi connectivity index (χ3v) is 5.79. The first-order valence-electron chi connectivity index (χ1n) is 5.26. The van der Waals surface area contributed by atoms with Crippen molar-refractivity contribution in [2.45, 2.75) is 16.6 Å². The van der Waals surface area contributed by atoms with Crippen LogP contribution in [0.25, 0.3) is 0 Å². The Labute approximate surface area is 109 Å². The number of aliphatic hydroxyl groups is 1. The molecule has 1 heterocycles. The van der Waals surface area contributed by atoms with Crippen LogP contribution >= 0.6 is 15.9 Å². The number of rotatable bonds is 4. The summed E-state index contributed by atoms with van der Waals surface area (Å²) in [6, 6.07) is 5.05. The molecule has 0 spiro atoms. The van der Waals surface area contributed by atoms with Crippen LogP contribution in [-0.2, 0) is 21.0 Å². The minimum absolute atomic E-state index is 0.0506. The Kier molecular flexibility index (Phi) is 3.87. The Morgan fingerprint density at radius 2 is 2.12 bits per heavy atom. The summed E-state index contributed by atoms with van der Waals surface area (Å²) in [6.45, 7) is 0.593. The SMILES string of the molecule is O=S(=O)(c1ccc(CCO)cc1Br)C1COC1. The second kappa shape index (κ2) is 5.06. The molecular formula is C11H13BrO4S. The van der Waals surface area contributed by atoms with Crippen molar-refractivity contribution in [1.29, 1.82) is 0 Å². The van der Waals surface area contributed by atoms with Gasteiger partial charge in [0.05, 0.1) is 18.1 Å². The highest BCUT2D eigenvalue weighted by Gasteiger charge is 2.35. The van der Waals surface area contributed by atoms with E-state index >= 15 is 0 Å². The van der Waals surface area contributed by atoms with Crippen molar-refractivity contribution in [3.8, 4) is 0 Å². The lowest BCUT2D eigenvalue weighted by molar-refractivity contribution is 0.0416. The maximum Gasteiger partial charge on any atom is 0.186 e. The predicted molar refractivity (Wildman–Crippen MR) is 66.7 cm³/mol. The summed E-state index contributed by atoms with van der Waals surface area (Å²) in [4.78, 5) is 0.299. The van der Waals surface area contributed by atoms with Gasteiger partial charge in [-0.05, 0) is 40.0 Å². The molecule has 1 aromatic carbocycles. The lowest BCUT2D eigenvalue weighted by Crippen LogP contribution is -2.40. The monoisotopic (exact) mass is 320 g/mol. The van der Waals surface area contributed by atoms with Crippen molar-refractivity contribution < 1.29 is 18.3 Å². The van der Waals surface area contributed by atoms with E-state index in [9.17, 15) is 8.42 Å². The minimum Gasteiger partial charge on any atom is -0.396 e. The molecule has 1 aliphatic heterocycles. The van der Waals surface area contributed by atoms with Crippen LogP contribution in [0.1, 0.15) is 5.56 Å². The predicted octanol–water partition coefficient (Wildman–Crippen LogP) is 1.16. The van der Waals surface area contributed by atoms with Gasteiger partial charge in [0, 0.05) is 11.1 Å². The van der Waals surface area contributed by atoms with Gasteiger partial charge < -0.3 is 9.84 Å². The van der Waals surface area contributed by atoms with Gasteiger partial charge in [-0.3, -0.25) is 0 Å². The van der Waals surface area contributed by atoms with Gasteiger partial charge in [0.25, 0.3) is 0 Å². The molecule has 4 nitrogen and oxygen atoms in total. The van der Waals surface area contributed by atoms with Gasteiger partial charge in [-0.1, -0.05) is 6.07 Å². The van der Waals surface area contributed by atoms with E-state index in [0.29, 0.717) is 15.8 Å². The van der Waals surface area contributed by atoms with E-state index < -0.39 is 15.1 Å². The van der Waals surface area contributed by atoms with Crippen LogP contribution in [0.5, 0.6) is 0 Å². The molecule has 0 radical (unpaired) electrons. The molecular weight excluding hydrogens is 308 g/mol. The number of hydrogen-bond acceptors (Lipinski definition) is 4. The van der Waals surface area contributed by atoms with E-state index in [1.54, 1.807) is 18.2 Å². The van der Waals surface area contributed by atoms with Crippen molar-refractivity contribution in [1.82, 2.24) is 0 Å². The quantitative estimate of drug-likeness (QED) is 0.904. The average molecular weight is 321 g/mol. The van der Waals surface area contributed by atoms with Crippen LogP contribution in [0, 0.1) is 0 Å². The van der Waals surface area contributed by atoms with Crippen LogP contribution in [0.4, 0.5) is 0 Å². The Morgan fingerprint density at radius 1 is 1.41 bits per heavy atom. The summed E-state index contributed by atoms with van der Waals surface area (Å²) in [7, 11) is -3.30. The molecule has 0 aliphatic carbocycles. The highest BCUT2D eigenvalue weighted by atomic mass is 79.9. The highest BCUT2D eigenvalue weighted by molar-refractivity contribution is 9.10. The zero-order valence-electron chi connectivity index (χ0n) is 9.10. The Bertz CT molecular complexity index is 508.